The molecule has 1 fully saturated rings. The maximum atomic E-state index is 9.58. The molecule has 88 valence electrons. The average molecular weight is 239 g/mol. The number of nitrogens with zero attached hydrogens (tertiary/aromatic N) is 2. The molecule has 0 unspecified atom stereocenters. The van der Waals surface area contributed by atoms with E-state index in [-0.39, 0.29) is 6.10 Å². The molecule has 1 saturated carbocycles. The van der Waals surface area contributed by atoms with Gasteiger partial charge in [-0.2, -0.15) is 0 Å². The molecule has 1 aromatic heterocycles. The first-order valence-electron chi connectivity index (χ1n) is 5.59. The summed E-state index contributed by atoms with van der Waals surface area (Å²) >= 11 is 1.53. The van der Waals surface area contributed by atoms with E-state index in [9.17, 15) is 5.11 Å². The lowest BCUT2D eigenvalue weighted by Gasteiger charge is -2.27. The molecule has 0 radical (unpaired) electrons. The van der Waals surface area contributed by atoms with E-state index in [2.05, 4.69) is 15.3 Å². The lowest BCUT2D eigenvalue weighted by atomic mass is 9.93. The number of aliphatic hydroxyl groups is 1. The Kier molecular flexibility index (Phi) is 4.01. The van der Waals surface area contributed by atoms with Crippen LogP contribution >= 0.6 is 11.8 Å². The molecule has 5 heteroatoms. The van der Waals surface area contributed by atoms with Gasteiger partial charge in [-0.05, 0) is 38.0 Å². The standard InChI is InChI=1S/C11H17N3OS/c1-16-11-12-6-5-10(14-11)13-8-3-2-4-9(15)7-8/h5-6,8-9,15H,2-4,7H2,1H3,(H,12,13,14)/t8-,9-/m1/s1. The highest BCUT2D eigenvalue weighted by Crippen LogP contribution is 2.21. The molecule has 16 heavy (non-hydrogen) atoms. The third-order valence-electron chi connectivity index (χ3n) is 2.81. The monoisotopic (exact) mass is 239 g/mol. The predicted molar refractivity (Wildman–Crippen MR) is 65.7 cm³/mol. The normalized spacial score (nSPS) is 25.4. The van der Waals surface area contributed by atoms with Crippen molar-refractivity contribution in [3.05, 3.63) is 12.3 Å². The maximum Gasteiger partial charge on any atom is 0.189 e. The molecule has 0 aromatic carbocycles. The Balaban J connectivity index is 1.97. The van der Waals surface area contributed by atoms with Gasteiger partial charge in [-0.1, -0.05) is 11.8 Å². The van der Waals surface area contributed by atoms with E-state index >= 15 is 0 Å². The lowest BCUT2D eigenvalue weighted by Crippen LogP contribution is -2.30. The SMILES string of the molecule is CSc1nccc(N[C@@H]2CCC[C@@H](O)C2)n1. The van der Waals surface area contributed by atoms with Crippen molar-refractivity contribution in [2.75, 3.05) is 11.6 Å². The Labute approximate surface area is 99.9 Å². The summed E-state index contributed by atoms with van der Waals surface area (Å²) in [5.41, 5.74) is 0. The quantitative estimate of drug-likeness (QED) is 0.623. The van der Waals surface area contributed by atoms with Crippen LogP contribution in [-0.4, -0.2) is 33.5 Å². The minimum Gasteiger partial charge on any atom is -0.393 e. The molecular weight excluding hydrogens is 222 g/mol. The smallest absolute Gasteiger partial charge is 0.189 e. The van der Waals surface area contributed by atoms with E-state index in [1.165, 1.54) is 11.8 Å². The Morgan fingerprint density at radius 3 is 3.12 bits per heavy atom. The van der Waals surface area contributed by atoms with Crippen molar-refractivity contribution in [1.29, 1.82) is 0 Å². The summed E-state index contributed by atoms with van der Waals surface area (Å²) in [6, 6.07) is 2.22. The summed E-state index contributed by atoms with van der Waals surface area (Å²) in [5, 5.41) is 13.7. The van der Waals surface area contributed by atoms with Gasteiger partial charge >= 0.3 is 0 Å². The molecule has 0 amide bonds. The fraction of sp³-hybridized carbons (Fsp3) is 0.636. The third kappa shape index (κ3) is 3.09. The fourth-order valence-corrected chi connectivity index (χ4v) is 2.38. The summed E-state index contributed by atoms with van der Waals surface area (Å²) < 4.78 is 0. The summed E-state index contributed by atoms with van der Waals surface area (Å²) in [6.45, 7) is 0. The number of aromatic nitrogens is 2. The van der Waals surface area contributed by atoms with Crippen LogP contribution in [0.4, 0.5) is 5.82 Å². The van der Waals surface area contributed by atoms with Crippen molar-refractivity contribution in [2.24, 2.45) is 0 Å². The number of anilines is 1. The molecule has 0 aliphatic heterocycles. The van der Waals surface area contributed by atoms with Gasteiger partial charge in [0.25, 0.3) is 0 Å². The minimum absolute atomic E-state index is 0.159. The molecule has 1 heterocycles. The second-order valence-corrected chi connectivity index (χ2v) is 4.86. The van der Waals surface area contributed by atoms with Gasteiger partial charge in [0.05, 0.1) is 6.10 Å². The van der Waals surface area contributed by atoms with Crippen molar-refractivity contribution in [3.8, 4) is 0 Å². The molecule has 0 spiro atoms. The first-order chi connectivity index (χ1) is 7.78. The number of thioether (sulfide) groups is 1. The van der Waals surface area contributed by atoms with Crippen molar-refractivity contribution in [2.45, 2.75) is 43.0 Å². The van der Waals surface area contributed by atoms with E-state index in [0.717, 1.165) is 36.7 Å². The van der Waals surface area contributed by atoms with Gasteiger partial charge in [-0.3, -0.25) is 0 Å². The van der Waals surface area contributed by atoms with Crippen molar-refractivity contribution >= 4 is 17.6 Å². The van der Waals surface area contributed by atoms with Crippen molar-refractivity contribution < 1.29 is 5.11 Å². The largest absolute Gasteiger partial charge is 0.393 e. The molecule has 2 atom stereocenters. The number of rotatable bonds is 3. The Morgan fingerprint density at radius 1 is 1.50 bits per heavy atom. The van der Waals surface area contributed by atoms with Crippen LogP contribution in [0.15, 0.2) is 17.4 Å². The summed E-state index contributed by atoms with van der Waals surface area (Å²) in [6.07, 6.45) is 7.50. The van der Waals surface area contributed by atoms with Crippen LogP contribution in [-0.2, 0) is 0 Å². The Morgan fingerprint density at radius 2 is 2.38 bits per heavy atom. The topological polar surface area (TPSA) is 58.0 Å². The van der Waals surface area contributed by atoms with Gasteiger partial charge in [0.1, 0.15) is 5.82 Å². The van der Waals surface area contributed by atoms with Crippen LogP contribution < -0.4 is 5.32 Å². The maximum absolute atomic E-state index is 9.58. The molecule has 1 aliphatic carbocycles. The highest BCUT2D eigenvalue weighted by atomic mass is 32.2. The first kappa shape index (κ1) is 11.7. The van der Waals surface area contributed by atoms with E-state index in [4.69, 9.17) is 0 Å². The molecule has 4 nitrogen and oxygen atoms in total. The van der Waals surface area contributed by atoms with Gasteiger partial charge in [-0.15, -0.1) is 0 Å². The number of hydrogen-bond acceptors (Lipinski definition) is 5. The van der Waals surface area contributed by atoms with Crippen LogP contribution in [0.2, 0.25) is 0 Å². The number of hydrogen-bond donors (Lipinski definition) is 2. The lowest BCUT2D eigenvalue weighted by molar-refractivity contribution is 0.124. The second kappa shape index (κ2) is 5.50. The summed E-state index contributed by atoms with van der Waals surface area (Å²) in [7, 11) is 0. The highest BCUT2D eigenvalue weighted by Gasteiger charge is 2.20. The van der Waals surface area contributed by atoms with Crippen LogP contribution in [0.1, 0.15) is 25.7 Å². The van der Waals surface area contributed by atoms with Crippen LogP contribution in [0, 0.1) is 0 Å². The van der Waals surface area contributed by atoms with Gasteiger partial charge in [0.2, 0.25) is 0 Å². The summed E-state index contributed by atoms with van der Waals surface area (Å²) in [5.74, 6) is 0.860. The molecule has 0 bridgehead atoms. The van der Waals surface area contributed by atoms with Gasteiger partial charge < -0.3 is 10.4 Å². The molecule has 1 aliphatic rings. The van der Waals surface area contributed by atoms with Gasteiger partial charge in [-0.25, -0.2) is 9.97 Å². The predicted octanol–water partition coefficient (Wildman–Crippen LogP) is 1.91. The number of nitrogens with one attached hydrogen (secondary N) is 1. The molecule has 0 saturated heterocycles. The van der Waals surface area contributed by atoms with Crippen molar-refractivity contribution in [1.82, 2.24) is 9.97 Å². The molecule has 1 aromatic rings. The second-order valence-electron chi connectivity index (χ2n) is 4.09. The number of aliphatic hydroxyl groups excluding tert-OH is 1. The van der Waals surface area contributed by atoms with E-state index < -0.39 is 0 Å². The van der Waals surface area contributed by atoms with Crippen LogP contribution in [0.25, 0.3) is 0 Å². The van der Waals surface area contributed by atoms with E-state index in [0.29, 0.717) is 6.04 Å². The Hall–Kier alpha value is -0.810. The minimum atomic E-state index is -0.159. The van der Waals surface area contributed by atoms with Crippen LogP contribution in [0.3, 0.4) is 0 Å². The third-order valence-corrected chi connectivity index (χ3v) is 3.38. The molecule has 2 rings (SSSR count). The Bertz CT molecular complexity index is 348. The zero-order valence-electron chi connectivity index (χ0n) is 9.39. The summed E-state index contributed by atoms with van der Waals surface area (Å²) in [4.78, 5) is 8.50. The fourth-order valence-electron chi connectivity index (χ4n) is 2.02. The first-order valence-corrected chi connectivity index (χ1v) is 6.82. The molecular formula is C11H17N3OS. The van der Waals surface area contributed by atoms with Crippen LogP contribution in [0.5, 0.6) is 0 Å². The van der Waals surface area contributed by atoms with E-state index in [1.807, 2.05) is 12.3 Å². The zero-order chi connectivity index (χ0) is 11.4. The molecule has 2 N–H and O–H groups in total. The van der Waals surface area contributed by atoms with E-state index in [1.54, 1.807) is 6.20 Å². The van der Waals surface area contributed by atoms with Crippen molar-refractivity contribution in [3.63, 3.8) is 0 Å². The highest BCUT2D eigenvalue weighted by molar-refractivity contribution is 7.98. The zero-order valence-corrected chi connectivity index (χ0v) is 10.2. The van der Waals surface area contributed by atoms with Gasteiger partial charge in [0, 0.05) is 12.2 Å². The average Bonchev–Trinajstić information content (AvgIpc) is 2.29. The van der Waals surface area contributed by atoms with Gasteiger partial charge in [0.15, 0.2) is 5.16 Å².